The normalized spacial score (nSPS) is 24.9. The molecule has 0 aliphatic carbocycles. The van der Waals surface area contributed by atoms with Gasteiger partial charge in [0.1, 0.15) is 0 Å². The highest BCUT2D eigenvalue weighted by atomic mass is 15.3. The molecule has 4 nitrogen and oxygen atoms in total. The fourth-order valence-corrected chi connectivity index (χ4v) is 3.06. The number of aromatic nitrogens is 2. The van der Waals surface area contributed by atoms with Crippen LogP contribution in [0.15, 0.2) is 6.07 Å². The molecule has 1 aliphatic heterocycles. The minimum Gasteiger partial charge on any atom is -0.319 e. The molecule has 18 heavy (non-hydrogen) atoms. The highest BCUT2D eigenvalue weighted by Gasteiger charge is 2.33. The van der Waals surface area contributed by atoms with Gasteiger partial charge in [0.15, 0.2) is 0 Å². The Kier molecular flexibility index (Phi) is 4.07. The lowest BCUT2D eigenvalue weighted by atomic mass is 9.90. The largest absolute Gasteiger partial charge is 0.319 e. The second kappa shape index (κ2) is 5.41. The molecule has 1 unspecified atom stereocenters. The first-order valence-electron chi connectivity index (χ1n) is 6.96. The van der Waals surface area contributed by atoms with Crippen LogP contribution in [-0.4, -0.2) is 41.4 Å². The molecule has 1 N–H and O–H groups in total. The second-order valence-corrected chi connectivity index (χ2v) is 5.89. The van der Waals surface area contributed by atoms with Crippen LogP contribution in [0.4, 0.5) is 0 Å². The van der Waals surface area contributed by atoms with Crippen LogP contribution in [0.1, 0.15) is 31.7 Å². The van der Waals surface area contributed by atoms with E-state index >= 15 is 0 Å². The molecule has 2 rings (SSSR count). The van der Waals surface area contributed by atoms with E-state index in [-0.39, 0.29) is 0 Å². The van der Waals surface area contributed by atoms with Crippen LogP contribution in [0.25, 0.3) is 0 Å². The standard InChI is InChI=1S/C14H26N4/c1-5-18-13(8-12(2)16-18)9-17-7-6-14(3,11-17)10-15-4/h8,15H,5-7,9-11H2,1-4H3. The summed E-state index contributed by atoms with van der Waals surface area (Å²) in [6.45, 7) is 12.1. The number of nitrogens with one attached hydrogen (secondary N) is 1. The Bertz CT molecular complexity index is 398. The molecule has 1 aromatic rings. The minimum absolute atomic E-state index is 0.431. The van der Waals surface area contributed by atoms with Crippen LogP contribution < -0.4 is 5.32 Å². The van der Waals surface area contributed by atoms with Gasteiger partial charge in [-0.05, 0) is 45.3 Å². The van der Waals surface area contributed by atoms with Crippen LogP contribution in [0.3, 0.4) is 0 Å². The minimum atomic E-state index is 0.431. The smallest absolute Gasteiger partial charge is 0.0597 e. The van der Waals surface area contributed by atoms with Gasteiger partial charge in [0.05, 0.1) is 11.4 Å². The predicted octanol–water partition coefficient (Wildman–Crippen LogP) is 1.64. The molecule has 0 saturated carbocycles. The first-order valence-corrected chi connectivity index (χ1v) is 6.96. The summed E-state index contributed by atoms with van der Waals surface area (Å²) >= 11 is 0. The molecule has 0 spiro atoms. The van der Waals surface area contributed by atoms with Crippen molar-refractivity contribution in [3.05, 3.63) is 17.5 Å². The predicted molar refractivity (Wildman–Crippen MR) is 74.6 cm³/mol. The summed E-state index contributed by atoms with van der Waals surface area (Å²) in [6, 6.07) is 2.22. The summed E-state index contributed by atoms with van der Waals surface area (Å²) in [5.41, 5.74) is 2.91. The summed E-state index contributed by atoms with van der Waals surface area (Å²) in [4.78, 5) is 2.56. The van der Waals surface area contributed by atoms with Crippen molar-refractivity contribution in [3.63, 3.8) is 0 Å². The third-order valence-corrected chi connectivity index (χ3v) is 3.91. The van der Waals surface area contributed by atoms with Gasteiger partial charge in [0.25, 0.3) is 0 Å². The van der Waals surface area contributed by atoms with Crippen molar-refractivity contribution in [1.29, 1.82) is 0 Å². The first kappa shape index (κ1) is 13.6. The van der Waals surface area contributed by atoms with Crippen molar-refractivity contribution >= 4 is 0 Å². The highest BCUT2D eigenvalue weighted by Crippen LogP contribution is 2.30. The molecule has 102 valence electrons. The first-order chi connectivity index (χ1) is 8.56. The van der Waals surface area contributed by atoms with Gasteiger partial charge in [-0.1, -0.05) is 6.92 Å². The summed E-state index contributed by atoms with van der Waals surface area (Å²) < 4.78 is 2.13. The Morgan fingerprint density at radius 1 is 1.50 bits per heavy atom. The Morgan fingerprint density at radius 3 is 2.94 bits per heavy atom. The van der Waals surface area contributed by atoms with Gasteiger partial charge in [-0.2, -0.15) is 5.10 Å². The molecular formula is C14H26N4. The average Bonchev–Trinajstić information content (AvgIpc) is 2.84. The maximum atomic E-state index is 4.52. The fraction of sp³-hybridized carbons (Fsp3) is 0.786. The number of likely N-dealkylation sites (tertiary alicyclic amines) is 1. The Balaban J connectivity index is 1.99. The van der Waals surface area contributed by atoms with Gasteiger partial charge in [0, 0.05) is 26.2 Å². The van der Waals surface area contributed by atoms with Crippen LogP contribution in [0.5, 0.6) is 0 Å². The third kappa shape index (κ3) is 2.93. The van der Waals surface area contributed by atoms with Gasteiger partial charge in [-0.3, -0.25) is 9.58 Å². The Labute approximate surface area is 110 Å². The van der Waals surface area contributed by atoms with Crippen molar-refractivity contribution in [2.24, 2.45) is 5.41 Å². The number of hydrogen-bond donors (Lipinski definition) is 1. The van der Waals surface area contributed by atoms with Crippen LogP contribution >= 0.6 is 0 Å². The summed E-state index contributed by atoms with van der Waals surface area (Å²) in [6.07, 6.45) is 1.28. The topological polar surface area (TPSA) is 33.1 Å². The molecule has 0 amide bonds. The number of hydrogen-bond acceptors (Lipinski definition) is 3. The Morgan fingerprint density at radius 2 is 2.28 bits per heavy atom. The van der Waals surface area contributed by atoms with Gasteiger partial charge in [0.2, 0.25) is 0 Å². The molecule has 1 saturated heterocycles. The van der Waals surface area contributed by atoms with E-state index in [1.807, 2.05) is 7.05 Å². The second-order valence-electron chi connectivity index (χ2n) is 5.89. The van der Waals surface area contributed by atoms with E-state index in [2.05, 4.69) is 46.8 Å². The quantitative estimate of drug-likeness (QED) is 0.862. The van der Waals surface area contributed by atoms with E-state index in [0.29, 0.717) is 5.41 Å². The van der Waals surface area contributed by atoms with Gasteiger partial charge in [-0.15, -0.1) is 0 Å². The van der Waals surface area contributed by atoms with Crippen LogP contribution in [0.2, 0.25) is 0 Å². The van der Waals surface area contributed by atoms with Gasteiger partial charge < -0.3 is 5.32 Å². The molecule has 2 heterocycles. The molecule has 1 aliphatic rings. The number of rotatable bonds is 5. The maximum Gasteiger partial charge on any atom is 0.0597 e. The summed E-state index contributed by atoms with van der Waals surface area (Å²) in [7, 11) is 2.05. The van der Waals surface area contributed by atoms with E-state index in [1.165, 1.54) is 25.2 Å². The molecule has 0 bridgehead atoms. The zero-order valence-corrected chi connectivity index (χ0v) is 12.2. The molecule has 4 heteroatoms. The lowest BCUT2D eigenvalue weighted by Gasteiger charge is -2.24. The molecular weight excluding hydrogens is 224 g/mol. The highest BCUT2D eigenvalue weighted by molar-refractivity contribution is 5.09. The van der Waals surface area contributed by atoms with Crippen molar-refractivity contribution in [3.8, 4) is 0 Å². The molecule has 1 fully saturated rings. The molecule has 0 aromatic carbocycles. The van der Waals surface area contributed by atoms with Crippen molar-refractivity contribution < 1.29 is 0 Å². The van der Waals surface area contributed by atoms with Gasteiger partial charge >= 0.3 is 0 Å². The maximum absolute atomic E-state index is 4.52. The monoisotopic (exact) mass is 250 g/mol. The number of aryl methyl sites for hydroxylation is 2. The summed E-state index contributed by atoms with van der Waals surface area (Å²) in [5.74, 6) is 0. The van der Waals surface area contributed by atoms with Crippen molar-refractivity contribution in [1.82, 2.24) is 20.0 Å². The van der Waals surface area contributed by atoms with Crippen LogP contribution in [-0.2, 0) is 13.1 Å². The van der Waals surface area contributed by atoms with E-state index in [4.69, 9.17) is 0 Å². The average molecular weight is 250 g/mol. The van der Waals surface area contributed by atoms with E-state index < -0.39 is 0 Å². The SMILES string of the molecule is CCn1nc(C)cc1CN1CCC(C)(CNC)C1. The van der Waals surface area contributed by atoms with E-state index in [9.17, 15) is 0 Å². The van der Waals surface area contributed by atoms with Gasteiger partial charge in [-0.25, -0.2) is 0 Å². The van der Waals surface area contributed by atoms with Crippen molar-refractivity contribution in [2.45, 2.75) is 40.3 Å². The molecule has 1 aromatic heterocycles. The zero-order valence-electron chi connectivity index (χ0n) is 12.2. The Hall–Kier alpha value is -0.870. The van der Waals surface area contributed by atoms with Crippen LogP contribution in [0, 0.1) is 12.3 Å². The molecule has 1 atom stereocenters. The number of nitrogens with zero attached hydrogens (tertiary/aromatic N) is 3. The lowest BCUT2D eigenvalue weighted by molar-refractivity contribution is 0.260. The third-order valence-electron chi connectivity index (χ3n) is 3.91. The van der Waals surface area contributed by atoms with E-state index in [0.717, 1.165) is 25.3 Å². The summed E-state index contributed by atoms with van der Waals surface area (Å²) in [5, 5.41) is 7.84. The molecule has 0 radical (unpaired) electrons. The fourth-order valence-electron chi connectivity index (χ4n) is 3.06. The lowest BCUT2D eigenvalue weighted by Crippen LogP contribution is -2.33. The van der Waals surface area contributed by atoms with Crippen molar-refractivity contribution in [2.75, 3.05) is 26.7 Å². The zero-order chi connectivity index (χ0) is 13.2. The van der Waals surface area contributed by atoms with E-state index in [1.54, 1.807) is 0 Å².